The van der Waals surface area contributed by atoms with Crippen molar-refractivity contribution in [2.24, 2.45) is 0 Å². The van der Waals surface area contributed by atoms with Gasteiger partial charge in [0, 0.05) is 0 Å². The monoisotopic (exact) mass is 211 g/mol. The van der Waals surface area contributed by atoms with E-state index in [0.29, 0.717) is 5.69 Å². The number of para-hydroxylation sites is 1. The van der Waals surface area contributed by atoms with E-state index in [9.17, 15) is 13.2 Å². The molecule has 0 radical (unpaired) electrons. The smallest absolute Gasteiger partial charge is 0.245 e. The third-order valence-electron chi connectivity index (χ3n) is 2.11. The molecular formula is C9H9NO3S. The van der Waals surface area contributed by atoms with Crippen LogP contribution in [-0.4, -0.2) is 20.6 Å². The second-order valence-corrected chi connectivity index (χ2v) is 5.06. The zero-order valence-electron chi connectivity index (χ0n) is 7.60. The third-order valence-corrected chi connectivity index (χ3v) is 3.17. The third kappa shape index (κ3) is 1.29. The Balaban J connectivity index is 2.61. The molecule has 0 aromatic heterocycles. The Labute approximate surface area is 82.2 Å². The molecule has 1 aliphatic heterocycles. The molecule has 0 aliphatic carbocycles. The van der Waals surface area contributed by atoms with E-state index in [2.05, 4.69) is 0 Å². The summed E-state index contributed by atoms with van der Waals surface area (Å²) in [7, 11) is -3.48. The van der Waals surface area contributed by atoms with Crippen LogP contribution in [0.1, 0.15) is 5.56 Å². The van der Waals surface area contributed by atoms with Crippen molar-refractivity contribution in [1.29, 1.82) is 0 Å². The van der Waals surface area contributed by atoms with Crippen molar-refractivity contribution in [3.63, 3.8) is 0 Å². The van der Waals surface area contributed by atoms with E-state index >= 15 is 0 Å². The lowest BCUT2D eigenvalue weighted by Crippen LogP contribution is -2.32. The molecule has 1 heterocycles. The van der Waals surface area contributed by atoms with E-state index in [1.165, 1.54) is 0 Å². The van der Waals surface area contributed by atoms with Crippen LogP contribution < -0.4 is 4.31 Å². The quantitative estimate of drug-likeness (QED) is 0.681. The summed E-state index contributed by atoms with van der Waals surface area (Å²) in [5.74, 6) is -0.381. The highest BCUT2D eigenvalue weighted by Crippen LogP contribution is 2.30. The van der Waals surface area contributed by atoms with E-state index < -0.39 is 10.0 Å². The fourth-order valence-corrected chi connectivity index (χ4v) is 2.56. The van der Waals surface area contributed by atoms with Crippen LogP contribution in [0.3, 0.4) is 0 Å². The van der Waals surface area contributed by atoms with Gasteiger partial charge in [-0.25, -0.2) is 12.7 Å². The zero-order chi connectivity index (χ0) is 10.3. The largest absolute Gasteiger partial charge is 0.273 e. The Morgan fingerprint density at radius 3 is 2.57 bits per heavy atom. The van der Waals surface area contributed by atoms with Gasteiger partial charge in [-0.3, -0.25) is 4.79 Å². The van der Waals surface area contributed by atoms with Crippen molar-refractivity contribution in [1.82, 2.24) is 0 Å². The van der Waals surface area contributed by atoms with Gasteiger partial charge in [-0.05, 0) is 11.6 Å². The molecule has 74 valence electrons. The normalized spacial score (nSPS) is 15.8. The molecule has 0 atom stereocenters. The van der Waals surface area contributed by atoms with Crippen molar-refractivity contribution in [3.05, 3.63) is 29.8 Å². The first kappa shape index (κ1) is 9.21. The average Bonchev–Trinajstić information content (AvgIpc) is 2.38. The molecule has 0 spiro atoms. The molecule has 0 unspecified atom stereocenters. The Hall–Kier alpha value is -1.36. The van der Waals surface area contributed by atoms with Gasteiger partial charge in [-0.1, -0.05) is 18.2 Å². The second-order valence-electron chi connectivity index (χ2n) is 3.23. The van der Waals surface area contributed by atoms with Crippen molar-refractivity contribution in [2.45, 2.75) is 6.42 Å². The maximum atomic E-state index is 11.4. The number of fused-ring (bicyclic) bond motifs is 1. The van der Waals surface area contributed by atoms with Crippen LogP contribution in [0.5, 0.6) is 0 Å². The fourth-order valence-electron chi connectivity index (χ4n) is 1.59. The van der Waals surface area contributed by atoms with Gasteiger partial charge in [0.05, 0.1) is 18.4 Å². The number of carbonyl (C=O) groups excluding carboxylic acids is 1. The number of carbonyl (C=O) groups is 1. The van der Waals surface area contributed by atoms with Crippen LogP contribution in [0.25, 0.3) is 0 Å². The number of benzene rings is 1. The van der Waals surface area contributed by atoms with E-state index in [1.54, 1.807) is 24.3 Å². The Morgan fingerprint density at radius 1 is 1.29 bits per heavy atom. The Bertz CT molecular complexity index is 493. The van der Waals surface area contributed by atoms with E-state index in [0.717, 1.165) is 16.1 Å². The highest BCUT2D eigenvalue weighted by atomic mass is 32.2. The molecule has 1 aliphatic rings. The lowest BCUT2D eigenvalue weighted by molar-refractivity contribution is -0.116. The van der Waals surface area contributed by atoms with Gasteiger partial charge in [-0.15, -0.1) is 0 Å². The number of anilines is 1. The van der Waals surface area contributed by atoms with Crippen molar-refractivity contribution < 1.29 is 13.2 Å². The number of hydrogen-bond acceptors (Lipinski definition) is 3. The van der Waals surface area contributed by atoms with Crippen molar-refractivity contribution in [2.75, 3.05) is 10.6 Å². The summed E-state index contributed by atoms with van der Waals surface area (Å²) >= 11 is 0. The summed E-state index contributed by atoms with van der Waals surface area (Å²) in [6, 6.07) is 6.91. The minimum absolute atomic E-state index is 0.170. The van der Waals surface area contributed by atoms with Crippen LogP contribution >= 0.6 is 0 Å². The molecule has 1 amide bonds. The van der Waals surface area contributed by atoms with Crippen LogP contribution in [0.2, 0.25) is 0 Å². The predicted octanol–water partition coefficient (Wildman–Crippen LogP) is 0.535. The van der Waals surface area contributed by atoms with Gasteiger partial charge < -0.3 is 0 Å². The average molecular weight is 211 g/mol. The first-order valence-corrected chi connectivity index (χ1v) is 5.96. The SMILES string of the molecule is CS(=O)(=O)N1C(=O)Cc2ccccc21. The predicted molar refractivity (Wildman–Crippen MR) is 52.5 cm³/mol. The number of rotatable bonds is 1. The molecule has 0 saturated carbocycles. The number of nitrogens with zero attached hydrogens (tertiary/aromatic N) is 1. The topological polar surface area (TPSA) is 54.5 Å². The molecule has 0 bridgehead atoms. The molecule has 0 fully saturated rings. The molecule has 1 aromatic rings. The van der Waals surface area contributed by atoms with Crippen molar-refractivity contribution in [3.8, 4) is 0 Å². The maximum absolute atomic E-state index is 11.4. The molecule has 4 nitrogen and oxygen atoms in total. The summed E-state index contributed by atoms with van der Waals surface area (Å²) in [5.41, 5.74) is 1.25. The van der Waals surface area contributed by atoms with Gasteiger partial charge >= 0.3 is 0 Å². The molecular weight excluding hydrogens is 202 g/mol. The molecule has 5 heteroatoms. The highest BCUT2D eigenvalue weighted by Gasteiger charge is 2.33. The molecule has 14 heavy (non-hydrogen) atoms. The summed E-state index contributed by atoms with van der Waals surface area (Å²) in [6.07, 6.45) is 1.20. The Morgan fingerprint density at radius 2 is 1.93 bits per heavy atom. The van der Waals surface area contributed by atoms with Gasteiger partial charge in [-0.2, -0.15) is 0 Å². The number of sulfonamides is 1. The molecule has 1 aromatic carbocycles. The van der Waals surface area contributed by atoms with Crippen LogP contribution in [-0.2, 0) is 21.2 Å². The van der Waals surface area contributed by atoms with Crippen LogP contribution in [0.15, 0.2) is 24.3 Å². The number of amides is 1. The first-order chi connectivity index (χ1) is 6.50. The Kier molecular flexibility index (Phi) is 1.85. The summed E-state index contributed by atoms with van der Waals surface area (Å²) in [4.78, 5) is 11.4. The molecule has 0 N–H and O–H groups in total. The van der Waals surface area contributed by atoms with Crippen molar-refractivity contribution >= 4 is 21.6 Å². The highest BCUT2D eigenvalue weighted by molar-refractivity contribution is 7.92. The van der Waals surface area contributed by atoms with Crippen LogP contribution in [0, 0.1) is 0 Å². The van der Waals surface area contributed by atoms with E-state index in [1.807, 2.05) is 0 Å². The zero-order valence-corrected chi connectivity index (χ0v) is 8.41. The van der Waals surface area contributed by atoms with E-state index in [-0.39, 0.29) is 12.3 Å². The maximum Gasteiger partial charge on any atom is 0.245 e. The minimum atomic E-state index is -3.48. The van der Waals surface area contributed by atoms with Gasteiger partial charge in [0.15, 0.2) is 0 Å². The second kappa shape index (κ2) is 2.81. The van der Waals surface area contributed by atoms with Gasteiger partial charge in [0.25, 0.3) is 0 Å². The molecule has 2 rings (SSSR count). The van der Waals surface area contributed by atoms with E-state index in [4.69, 9.17) is 0 Å². The molecule has 0 saturated heterocycles. The minimum Gasteiger partial charge on any atom is -0.273 e. The summed E-state index contributed by atoms with van der Waals surface area (Å²) < 4.78 is 23.5. The fraction of sp³-hybridized carbons (Fsp3) is 0.222. The number of hydrogen-bond donors (Lipinski definition) is 0. The summed E-state index contributed by atoms with van der Waals surface area (Å²) in [5, 5.41) is 0. The summed E-state index contributed by atoms with van der Waals surface area (Å²) in [6.45, 7) is 0. The lowest BCUT2D eigenvalue weighted by atomic mass is 10.2. The lowest BCUT2D eigenvalue weighted by Gasteiger charge is -2.13. The van der Waals surface area contributed by atoms with Gasteiger partial charge in [0.2, 0.25) is 15.9 Å². The first-order valence-electron chi connectivity index (χ1n) is 4.11. The van der Waals surface area contributed by atoms with Gasteiger partial charge in [0.1, 0.15) is 0 Å². The standard InChI is InChI=1S/C9H9NO3S/c1-14(12,13)10-8-5-3-2-4-7(8)6-9(10)11/h2-5H,6H2,1H3. The van der Waals surface area contributed by atoms with Crippen LogP contribution in [0.4, 0.5) is 5.69 Å².